The van der Waals surface area contributed by atoms with Gasteiger partial charge in [0.25, 0.3) is 0 Å². The van der Waals surface area contributed by atoms with Crippen LogP contribution in [0.1, 0.15) is 0 Å². The highest BCUT2D eigenvalue weighted by atomic mass is 35.5. The van der Waals surface area contributed by atoms with Crippen LogP contribution in [0.15, 0.2) is 30.5 Å². The highest BCUT2D eigenvalue weighted by Gasteiger charge is 2.06. The molecule has 2 rings (SSSR count). The Labute approximate surface area is 96.3 Å². The molecule has 0 aliphatic carbocycles. The largest absolute Gasteiger partial charge is 0.507 e. The zero-order chi connectivity index (χ0) is 10.8. The monoisotopic (exact) mass is 240 g/mol. The standard InChI is InChI=1S/C10H6Cl2N2O/c11-6-1-2-9(15)7(5-6)8-3-4-13-10(12)14-8/h1-5,15H. The van der Waals surface area contributed by atoms with Crippen LogP contribution in [0.25, 0.3) is 11.3 Å². The Balaban J connectivity index is 2.58. The molecule has 1 N–H and O–H groups in total. The molecular weight excluding hydrogens is 235 g/mol. The molecule has 3 nitrogen and oxygen atoms in total. The molecule has 1 aromatic heterocycles. The van der Waals surface area contributed by atoms with E-state index in [0.29, 0.717) is 16.3 Å². The van der Waals surface area contributed by atoms with Crippen molar-refractivity contribution in [1.29, 1.82) is 0 Å². The molecule has 2 aromatic rings. The first-order chi connectivity index (χ1) is 7.16. The molecule has 0 saturated heterocycles. The van der Waals surface area contributed by atoms with Crippen LogP contribution in [-0.4, -0.2) is 15.1 Å². The zero-order valence-corrected chi connectivity index (χ0v) is 9.00. The quantitative estimate of drug-likeness (QED) is 0.780. The topological polar surface area (TPSA) is 46.0 Å². The van der Waals surface area contributed by atoms with Gasteiger partial charge in [-0.05, 0) is 35.9 Å². The van der Waals surface area contributed by atoms with Crippen LogP contribution in [0.2, 0.25) is 10.3 Å². The number of phenolic OH excluding ortho intramolecular Hbond substituents is 1. The van der Waals surface area contributed by atoms with E-state index in [-0.39, 0.29) is 11.0 Å². The molecule has 0 radical (unpaired) electrons. The lowest BCUT2D eigenvalue weighted by Crippen LogP contribution is -1.87. The summed E-state index contributed by atoms with van der Waals surface area (Å²) < 4.78 is 0. The van der Waals surface area contributed by atoms with Gasteiger partial charge in [-0.1, -0.05) is 11.6 Å². The molecule has 1 aromatic carbocycles. The molecule has 0 unspecified atom stereocenters. The Kier molecular flexibility index (Phi) is 2.75. The number of phenols is 1. The average Bonchev–Trinajstić information content (AvgIpc) is 2.22. The number of halogens is 2. The van der Waals surface area contributed by atoms with E-state index in [1.807, 2.05) is 0 Å². The second kappa shape index (κ2) is 4.04. The zero-order valence-electron chi connectivity index (χ0n) is 7.48. The lowest BCUT2D eigenvalue weighted by atomic mass is 10.1. The highest BCUT2D eigenvalue weighted by Crippen LogP contribution is 2.30. The SMILES string of the molecule is Oc1ccc(Cl)cc1-c1ccnc(Cl)n1. The molecule has 76 valence electrons. The van der Waals surface area contributed by atoms with Crippen molar-refractivity contribution in [2.24, 2.45) is 0 Å². The molecule has 1 heterocycles. The molecule has 0 fully saturated rings. The fourth-order valence-electron chi connectivity index (χ4n) is 1.20. The summed E-state index contributed by atoms with van der Waals surface area (Å²) in [6.07, 6.45) is 1.52. The van der Waals surface area contributed by atoms with Gasteiger partial charge < -0.3 is 5.11 Å². The smallest absolute Gasteiger partial charge is 0.222 e. The number of benzene rings is 1. The van der Waals surface area contributed by atoms with E-state index in [0.717, 1.165) is 0 Å². The third kappa shape index (κ3) is 2.19. The third-order valence-corrected chi connectivity index (χ3v) is 2.28. The summed E-state index contributed by atoms with van der Waals surface area (Å²) in [6.45, 7) is 0. The van der Waals surface area contributed by atoms with E-state index >= 15 is 0 Å². The van der Waals surface area contributed by atoms with Gasteiger partial charge in [0.2, 0.25) is 5.28 Å². The van der Waals surface area contributed by atoms with Crippen molar-refractivity contribution in [3.63, 3.8) is 0 Å². The fraction of sp³-hybridized carbons (Fsp3) is 0. The van der Waals surface area contributed by atoms with Crippen LogP contribution in [0, 0.1) is 0 Å². The van der Waals surface area contributed by atoms with Crippen LogP contribution in [0.5, 0.6) is 5.75 Å². The van der Waals surface area contributed by atoms with Crippen LogP contribution >= 0.6 is 23.2 Å². The van der Waals surface area contributed by atoms with Crippen LogP contribution in [0.3, 0.4) is 0 Å². The Hall–Kier alpha value is -1.32. The molecule has 5 heteroatoms. The second-order valence-electron chi connectivity index (χ2n) is 2.87. The molecule has 0 atom stereocenters. The summed E-state index contributed by atoms with van der Waals surface area (Å²) in [4.78, 5) is 7.74. The number of nitrogens with zero attached hydrogens (tertiary/aromatic N) is 2. The van der Waals surface area contributed by atoms with E-state index in [1.165, 1.54) is 12.3 Å². The summed E-state index contributed by atoms with van der Waals surface area (Å²) in [5, 5.41) is 10.3. The maximum Gasteiger partial charge on any atom is 0.222 e. The van der Waals surface area contributed by atoms with Crippen molar-refractivity contribution in [3.8, 4) is 17.0 Å². The Bertz CT molecular complexity index is 503. The van der Waals surface area contributed by atoms with Gasteiger partial charge in [0.05, 0.1) is 5.69 Å². The average molecular weight is 241 g/mol. The van der Waals surface area contributed by atoms with Crippen LogP contribution in [-0.2, 0) is 0 Å². The summed E-state index contributed by atoms with van der Waals surface area (Å²) in [5.74, 6) is 0.106. The number of hydrogen-bond acceptors (Lipinski definition) is 3. The maximum absolute atomic E-state index is 9.62. The van der Waals surface area contributed by atoms with E-state index in [1.54, 1.807) is 18.2 Å². The van der Waals surface area contributed by atoms with Gasteiger partial charge in [0.1, 0.15) is 5.75 Å². The molecule has 15 heavy (non-hydrogen) atoms. The summed E-state index contributed by atoms with van der Waals surface area (Å²) >= 11 is 11.5. The number of aromatic nitrogens is 2. The normalized spacial score (nSPS) is 10.3. The number of aromatic hydroxyl groups is 1. The first kappa shape index (κ1) is 10.2. The predicted octanol–water partition coefficient (Wildman–Crippen LogP) is 3.16. The van der Waals surface area contributed by atoms with E-state index in [2.05, 4.69) is 9.97 Å². The molecule has 0 amide bonds. The third-order valence-electron chi connectivity index (χ3n) is 1.86. The van der Waals surface area contributed by atoms with Gasteiger partial charge in [-0.25, -0.2) is 9.97 Å². The summed E-state index contributed by atoms with van der Waals surface area (Å²) in [5.41, 5.74) is 1.07. The molecule has 0 aliphatic rings. The molecule has 0 aliphatic heterocycles. The summed E-state index contributed by atoms with van der Waals surface area (Å²) in [7, 11) is 0. The highest BCUT2D eigenvalue weighted by molar-refractivity contribution is 6.31. The molecule has 0 spiro atoms. The molecule has 0 saturated carbocycles. The Morgan fingerprint density at radius 1 is 1.13 bits per heavy atom. The van der Waals surface area contributed by atoms with Gasteiger partial charge in [-0.15, -0.1) is 0 Å². The minimum Gasteiger partial charge on any atom is -0.507 e. The van der Waals surface area contributed by atoms with Crippen LogP contribution in [0.4, 0.5) is 0 Å². The van der Waals surface area contributed by atoms with Gasteiger partial charge in [-0.2, -0.15) is 0 Å². The van der Waals surface area contributed by atoms with Gasteiger partial charge >= 0.3 is 0 Å². The summed E-state index contributed by atoms with van der Waals surface area (Å²) in [6, 6.07) is 6.38. The van der Waals surface area contributed by atoms with Crippen molar-refractivity contribution in [2.45, 2.75) is 0 Å². The van der Waals surface area contributed by atoms with Gasteiger partial charge in [0, 0.05) is 16.8 Å². The van der Waals surface area contributed by atoms with Gasteiger partial charge in [-0.3, -0.25) is 0 Å². The Morgan fingerprint density at radius 3 is 2.67 bits per heavy atom. The minimum atomic E-state index is 0.106. The molecular formula is C10H6Cl2N2O. The van der Waals surface area contributed by atoms with E-state index in [9.17, 15) is 5.11 Å². The lowest BCUT2D eigenvalue weighted by molar-refractivity contribution is 0.477. The first-order valence-corrected chi connectivity index (χ1v) is 4.90. The molecule has 0 bridgehead atoms. The van der Waals surface area contributed by atoms with Crippen molar-refractivity contribution >= 4 is 23.2 Å². The van der Waals surface area contributed by atoms with Crippen LogP contribution < -0.4 is 0 Å². The lowest BCUT2D eigenvalue weighted by Gasteiger charge is -2.04. The van der Waals surface area contributed by atoms with Crippen molar-refractivity contribution in [2.75, 3.05) is 0 Å². The second-order valence-corrected chi connectivity index (χ2v) is 3.65. The maximum atomic E-state index is 9.62. The number of hydrogen-bond donors (Lipinski definition) is 1. The van der Waals surface area contributed by atoms with Crippen molar-refractivity contribution in [3.05, 3.63) is 40.8 Å². The predicted molar refractivity (Wildman–Crippen MR) is 59.2 cm³/mol. The number of rotatable bonds is 1. The Morgan fingerprint density at radius 2 is 1.93 bits per heavy atom. The first-order valence-electron chi connectivity index (χ1n) is 4.14. The van der Waals surface area contributed by atoms with Crippen molar-refractivity contribution in [1.82, 2.24) is 9.97 Å². The minimum absolute atomic E-state index is 0.106. The van der Waals surface area contributed by atoms with Crippen molar-refractivity contribution < 1.29 is 5.11 Å². The van der Waals surface area contributed by atoms with E-state index < -0.39 is 0 Å². The fourth-order valence-corrected chi connectivity index (χ4v) is 1.52. The van der Waals surface area contributed by atoms with Gasteiger partial charge in [0.15, 0.2) is 0 Å². The van der Waals surface area contributed by atoms with E-state index in [4.69, 9.17) is 23.2 Å².